The molecule has 1 amide bonds. The summed E-state index contributed by atoms with van der Waals surface area (Å²) in [5.41, 5.74) is 1.64. The molecule has 0 atom stereocenters. The van der Waals surface area contributed by atoms with E-state index in [4.69, 9.17) is 0 Å². The summed E-state index contributed by atoms with van der Waals surface area (Å²) in [6, 6.07) is 7.48. The summed E-state index contributed by atoms with van der Waals surface area (Å²) < 4.78 is 0. The minimum Gasteiger partial charge on any atom is -0.380 e. The Bertz CT molecular complexity index is 353. The van der Waals surface area contributed by atoms with Crippen molar-refractivity contribution in [2.24, 2.45) is 0 Å². The van der Waals surface area contributed by atoms with Crippen LogP contribution in [-0.2, 0) is 0 Å². The highest BCUT2D eigenvalue weighted by Gasteiger charge is 2.10. The molecular weight excluding hydrogens is 188 g/mol. The first-order valence-electron chi connectivity index (χ1n) is 5.03. The molecule has 0 fully saturated rings. The number of nitrogens with one attached hydrogen (secondary N) is 2. The fraction of sp³-hybridized carbons (Fsp3) is 0.417. The summed E-state index contributed by atoms with van der Waals surface area (Å²) in [5.74, 6) is -0.0624. The largest absolute Gasteiger partial charge is 0.380 e. The van der Waals surface area contributed by atoms with Gasteiger partial charge in [0.2, 0.25) is 0 Å². The maximum Gasteiger partial charge on any atom is 0.251 e. The molecule has 0 bridgehead atoms. The fourth-order valence-electron chi connectivity index (χ4n) is 1.32. The summed E-state index contributed by atoms with van der Waals surface area (Å²) >= 11 is 0. The van der Waals surface area contributed by atoms with Gasteiger partial charge < -0.3 is 10.6 Å². The fourth-order valence-corrected chi connectivity index (χ4v) is 1.32. The Morgan fingerprint density at radius 1 is 1.27 bits per heavy atom. The summed E-state index contributed by atoms with van der Waals surface area (Å²) in [5, 5.41) is 5.93. The molecule has 0 unspecified atom stereocenters. The quantitative estimate of drug-likeness (QED) is 0.779. The van der Waals surface area contributed by atoms with Gasteiger partial charge in [0, 0.05) is 23.8 Å². The van der Waals surface area contributed by atoms with Crippen LogP contribution in [0.3, 0.4) is 0 Å². The molecule has 0 aliphatic rings. The molecular formula is C12H18N2O. The van der Waals surface area contributed by atoms with Crippen molar-refractivity contribution in [3.05, 3.63) is 29.8 Å². The van der Waals surface area contributed by atoms with E-state index < -0.39 is 0 Å². The number of benzene rings is 1. The first-order chi connectivity index (χ1) is 6.92. The van der Waals surface area contributed by atoms with Crippen molar-refractivity contribution in [1.29, 1.82) is 0 Å². The van der Waals surface area contributed by atoms with E-state index in [9.17, 15) is 4.79 Å². The number of carbonyl (C=O) groups is 1. The zero-order chi connectivity index (χ0) is 11.5. The van der Waals surface area contributed by atoms with Gasteiger partial charge in [0.15, 0.2) is 0 Å². The highest BCUT2D eigenvalue weighted by molar-refractivity contribution is 5.94. The van der Waals surface area contributed by atoms with Crippen LogP contribution in [0.4, 0.5) is 5.69 Å². The summed E-state index contributed by atoms with van der Waals surface area (Å²) in [7, 11) is 1.63. The maximum absolute atomic E-state index is 11.4. The van der Waals surface area contributed by atoms with Crippen LogP contribution < -0.4 is 10.6 Å². The van der Waals surface area contributed by atoms with Gasteiger partial charge in [0.25, 0.3) is 5.91 Å². The summed E-state index contributed by atoms with van der Waals surface area (Å²) in [6.07, 6.45) is 0. The molecule has 3 heteroatoms. The third-order valence-electron chi connectivity index (χ3n) is 1.87. The highest BCUT2D eigenvalue weighted by Crippen LogP contribution is 2.15. The highest BCUT2D eigenvalue weighted by atomic mass is 16.1. The second kappa shape index (κ2) is 4.34. The van der Waals surface area contributed by atoms with Gasteiger partial charge in [-0.15, -0.1) is 0 Å². The topological polar surface area (TPSA) is 41.1 Å². The molecule has 0 heterocycles. The van der Waals surface area contributed by atoms with E-state index >= 15 is 0 Å². The Balaban J connectivity index is 2.88. The minimum atomic E-state index is -0.0624. The van der Waals surface area contributed by atoms with Crippen molar-refractivity contribution in [1.82, 2.24) is 5.32 Å². The van der Waals surface area contributed by atoms with Crippen LogP contribution in [0.15, 0.2) is 24.3 Å². The van der Waals surface area contributed by atoms with Crippen LogP contribution >= 0.6 is 0 Å². The van der Waals surface area contributed by atoms with Gasteiger partial charge in [-0.2, -0.15) is 0 Å². The monoisotopic (exact) mass is 206 g/mol. The zero-order valence-corrected chi connectivity index (χ0v) is 9.72. The van der Waals surface area contributed by atoms with E-state index in [2.05, 4.69) is 31.4 Å². The van der Waals surface area contributed by atoms with Crippen molar-refractivity contribution in [2.75, 3.05) is 12.4 Å². The van der Waals surface area contributed by atoms with Crippen LogP contribution in [-0.4, -0.2) is 18.5 Å². The molecule has 0 saturated carbocycles. The van der Waals surface area contributed by atoms with Crippen LogP contribution in [0.25, 0.3) is 0 Å². The van der Waals surface area contributed by atoms with E-state index in [-0.39, 0.29) is 11.4 Å². The normalized spacial score (nSPS) is 10.9. The Labute approximate surface area is 90.9 Å². The molecule has 3 nitrogen and oxygen atoms in total. The lowest BCUT2D eigenvalue weighted by Crippen LogP contribution is -2.26. The number of carbonyl (C=O) groups excluding carboxylic acids is 1. The van der Waals surface area contributed by atoms with E-state index in [1.807, 2.05) is 18.2 Å². The third kappa shape index (κ3) is 3.62. The summed E-state index contributed by atoms with van der Waals surface area (Å²) in [6.45, 7) is 6.25. The predicted molar refractivity (Wildman–Crippen MR) is 63.2 cm³/mol. The average molecular weight is 206 g/mol. The molecule has 15 heavy (non-hydrogen) atoms. The Hall–Kier alpha value is -1.51. The Morgan fingerprint density at radius 3 is 2.47 bits per heavy atom. The Kier molecular flexibility index (Phi) is 3.35. The lowest BCUT2D eigenvalue weighted by atomic mass is 10.1. The Morgan fingerprint density at radius 2 is 1.93 bits per heavy atom. The van der Waals surface area contributed by atoms with Gasteiger partial charge in [0.05, 0.1) is 0 Å². The predicted octanol–water partition coefficient (Wildman–Crippen LogP) is 2.26. The molecule has 2 N–H and O–H groups in total. The minimum absolute atomic E-state index is 0.00130. The van der Waals surface area contributed by atoms with Crippen molar-refractivity contribution in [3.63, 3.8) is 0 Å². The molecule has 0 saturated heterocycles. The van der Waals surface area contributed by atoms with Gasteiger partial charge in [-0.1, -0.05) is 6.07 Å². The molecule has 0 spiro atoms. The first kappa shape index (κ1) is 11.6. The van der Waals surface area contributed by atoms with Crippen LogP contribution in [0.5, 0.6) is 0 Å². The molecule has 1 rings (SSSR count). The van der Waals surface area contributed by atoms with Crippen molar-refractivity contribution in [3.8, 4) is 0 Å². The number of hydrogen-bond acceptors (Lipinski definition) is 2. The molecule has 0 aliphatic carbocycles. The second-order valence-electron chi connectivity index (χ2n) is 4.53. The number of amides is 1. The third-order valence-corrected chi connectivity index (χ3v) is 1.87. The smallest absolute Gasteiger partial charge is 0.251 e. The summed E-state index contributed by atoms with van der Waals surface area (Å²) in [4.78, 5) is 11.4. The lowest BCUT2D eigenvalue weighted by molar-refractivity contribution is 0.0963. The molecule has 1 aromatic rings. The van der Waals surface area contributed by atoms with Gasteiger partial charge in [-0.3, -0.25) is 4.79 Å². The molecule has 82 valence electrons. The van der Waals surface area contributed by atoms with Crippen molar-refractivity contribution in [2.45, 2.75) is 26.3 Å². The van der Waals surface area contributed by atoms with Gasteiger partial charge in [0.1, 0.15) is 0 Å². The average Bonchev–Trinajstić information content (AvgIpc) is 2.14. The zero-order valence-electron chi connectivity index (χ0n) is 9.72. The van der Waals surface area contributed by atoms with Crippen LogP contribution in [0, 0.1) is 0 Å². The lowest BCUT2D eigenvalue weighted by Gasteiger charge is -2.22. The van der Waals surface area contributed by atoms with Crippen molar-refractivity contribution < 1.29 is 4.79 Å². The van der Waals surface area contributed by atoms with Crippen LogP contribution in [0.1, 0.15) is 31.1 Å². The van der Waals surface area contributed by atoms with Gasteiger partial charge in [-0.05, 0) is 39.0 Å². The molecule has 0 aromatic heterocycles. The SMILES string of the molecule is CNC(=O)c1cccc(NC(C)(C)C)c1. The van der Waals surface area contributed by atoms with E-state index in [1.54, 1.807) is 13.1 Å². The number of rotatable bonds is 2. The van der Waals surface area contributed by atoms with Crippen molar-refractivity contribution >= 4 is 11.6 Å². The van der Waals surface area contributed by atoms with Gasteiger partial charge in [-0.25, -0.2) is 0 Å². The second-order valence-corrected chi connectivity index (χ2v) is 4.53. The standard InChI is InChI=1S/C12H18N2O/c1-12(2,3)14-10-7-5-6-9(8-10)11(15)13-4/h5-8,14H,1-4H3,(H,13,15). The molecule has 0 aliphatic heterocycles. The van der Waals surface area contributed by atoms with E-state index in [1.165, 1.54) is 0 Å². The first-order valence-corrected chi connectivity index (χ1v) is 5.03. The molecule has 0 radical (unpaired) electrons. The molecule has 1 aromatic carbocycles. The van der Waals surface area contributed by atoms with Gasteiger partial charge >= 0.3 is 0 Å². The van der Waals surface area contributed by atoms with E-state index in [0.29, 0.717) is 5.56 Å². The van der Waals surface area contributed by atoms with Crippen LogP contribution in [0.2, 0.25) is 0 Å². The number of anilines is 1. The number of hydrogen-bond donors (Lipinski definition) is 2. The maximum atomic E-state index is 11.4. The van der Waals surface area contributed by atoms with E-state index in [0.717, 1.165) is 5.69 Å².